The number of methoxy groups -OCH3 is 1. The van der Waals surface area contributed by atoms with Crippen LogP contribution < -0.4 is 14.4 Å². The number of nitrogens with one attached hydrogen (secondary N) is 1. The molecule has 10 heteroatoms. The maximum atomic E-state index is 14.0. The molecule has 0 aromatic heterocycles. The highest BCUT2D eigenvalue weighted by Crippen LogP contribution is 2.30. The fraction of sp³-hybridized carbons (Fsp3) is 0.310. The number of anilines is 1. The molecule has 0 saturated carbocycles. The molecule has 0 fully saturated rings. The molecular formula is C29H34ClN3O5S. The monoisotopic (exact) mass is 571 g/mol. The van der Waals surface area contributed by atoms with E-state index in [0.29, 0.717) is 12.3 Å². The number of benzene rings is 3. The van der Waals surface area contributed by atoms with Crippen LogP contribution in [0.15, 0.2) is 72.8 Å². The van der Waals surface area contributed by atoms with Crippen molar-refractivity contribution in [1.82, 2.24) is 10.2 Å². The molecule has 0 aliphatic rings. The number of sulfonamides is 1. The van der Waals surface area contributed by atoms with Crippen molar-refractivity contribution in [3.05, 3.63) is 94.5 Å². The summed E-state index contributed by atoms with van der Waals surface area (Å²) in [6.45, 7) is 3.76. The van der Waals surface area contributed by atoms with Crippen LogP contribution in [0.3, 0.4) is 0 Å². The fourth-order valence-corrected chi connectivity index (χ4v) is 5.25. The second-order valence-electron chi connectivity index (χ2n) is 9.20. The molecule has 0 bridgehead atoms. The van der Waals surface area contributed by atoms with Gasteiger partial charge in [-0.05, 0) is 43.2 Å². The highest BCUT2D eigenvalue weighted by Gasteiger charge is 2.33. The van der Waals surface area contributed by atoms with Gasteiger partial charge in [0.25, 0.3) is 0 Å². The van der Waals surface area contributed by atoms with Crippen LogP contribution in [0, 0.1) is 6.92 Å². The Balaban J connectivity index is 2.04. The Kier molecular flexibility index (Phi) is 10.4. The van der Waals surface area contributed by atoms with Gasteiger partial charge in [0.2, 0.25) is 21.8 Å². The van der Waals surface area contributed by atoms with Gasteiger partial charge in [0.15, 0.2) is 0 Å². The molecule has 8 nitrogen and oxygen atoms in total. The van der Waals surface area contributed by atoms with E-state index in [9.17, 15) is 18.0 Å². The van der Waals surface area contributed by atoms with Gasteiger partial charge in [0.1, 0.15) is 18.3 Å². The second kappa shape index (κ2) is 13.5. The molecule has 208 valence electrons. The summed E-state index contributed by atoms with van der Waals surface area (Å²) >= 11 is 6.27. The molecule has 0 heterocycles. The number of amides is 2. The standard InChI is InChI=1S/C29H34ClN3O5S/c1-5-31-29(35)26(17-22-9-7-6-8-10-22)32(19-23-13-11-21(2)12-14-23)28(34)20-33(39(4,36)37)24-15-16-27(38-3)25(30)18-24/h6-16,18,26H,5,17,19-20H2,1-4H3,(H,31,35)/t26-/m1/s1. The molecule has 0 spiro atoms. The first-order valence-corrected chi connectivity index (χ1v) is 14.7. The van der Waals surface area contributed by atoms with Crippen molar-refractivity contribution in [2.45, 2.75) is 32.9 Å². The van der Waals surface area contributed by atoms with Crippen molar-refractivity contribution in [1.29, 1.82) is 0 Å². The number of ether oxygens (including phenoxy) is 1. The van der Waals surface area contributed by atoms with Crippen LogP contribution in [0.25, 0.3) is 0 Å². The van der Waals surface area contributed by atoms with Crippen molar-refractivity contribution in [2.75, 3.05) is 30.8 Å². The van der Waals surface area contributed by atoms with Crippen LogP contribution >= 0.6 is 11.6 Å². The molecule has 0 radical (unpaired) electrons. The summed E-state index contributed by atoms with van der Waals surface area (Å²) in [6.07, 6.45) is 1.28. The maximum absolute atomic E-state index is 14.0. The van der Waals surface area contributed by atoms with Gasteiger partial charge in [0.05, 0.1) is 24.1 Å². The summed E-state index contributed by atoms with van der Waals surface area (Å²) in [4.78, 5) is 28.8. The van der Waals surface area contributed by atoms with E-state index in [1.165, 1.54) is 30.2 Å². The minimum Gasteiger partial charge on any atom is -0.495 e. The van der Waals surface area contributed by atoms with Crippen LogP contribution in [0.2, 0.25) is 5.02 Å². The molecule has 3 aromatic carbocycles. The second-order valence-corrected chi connectivity index (χ2v) is 11.5. The van der Waals surface area contributed by atoms with Crippen molar-refractivity contribution in [2.24, 2.45) is 0 Å². The van der Waals surface area contributed by atoms with Gasteiger partial charge in [-0.2, -0.15) is 0 Å². The lowest BCUT2D eigenvalue weighted by molar-refractivity contribution is -0.140. The van der Waals surface area contributed by atoms with E-state index in [1.807, 2.05) is 68.4 Å². The molecule has 0 aliphatic carbocycles. The third kappa shape index (κ3) is 8.21. The predicted octanol–water partition coefficient (Wildman–Crippen LogP) is 4.20. The zero-order valence-corrected chi connectivity index (χ0v) is 24.1. The van der Waals surface area contributed by atoms with Crippen molar-refractivity contribution >= 4 is 39.1 Å². The Morgan fingerprint density at radius 1 is 1.00 bits per heavy atom. The average molecular weight is 572 g/mol. The first kappa shape index (κ1) is 30.0. The van der Waals surface area contributed by atoms with E-state index in [2.05, 4.69) is 5.32 Å². The SMILES string of the molecule is CCNC(=O)[C@@H](Cc1ccccc1)N(Cc1ccc(C)cc1)C(=O)CN(c1ccc(OC)c(Cl)c1)S(C)(=O)=O. The summed E-state index contributed by atoms with van der Waals surface area (Å²) in [7, 11) is -2.44. The molecule has 0 aliphatic heterocycles. The van der Waals surface area contributed by atoms with E-state index in [1.54, 1.807) is 0 Å². The molecule has 1 atom stereocenters. The van der Waals surface area contributed by atoms with E-state index in [4.69, 9.17) is 16.3 Å². The first-order valence-electron chi connectivity index (χ1n) is 12.5. The summed E-state index contributed by atoms with van der Waals surface area (Å²) in [5, 5.41) is 3.04. The van der Waals surface area contributed by atoms with E-state index in [-0.39, 0.29) is 29.6 Å². The molecule has 0 unspecified atom stereocenters. The zero-order chi connectivity index (χ0) is 28.6. The van der Waals surface area contributed by atoms with Crippen molar-refractivity contribution in [3.63, 3.8) is 0 Å². The van der Waals surface area contributed by atoms with Crippen LogP contribution in [-0.4, -0.2) is 57.6 Å². The maximum Gasteiger partial charge on any atom is 0.244 e. The van der Waals surface area contributed by atoms with Gasteiger partial charge in [-0.15, -0.1) is 0 Å². The lowest BCUT2D eigenvalue weighted by atomic mass is 10.0. The van der Waals surface area contributed by atoms with E-state index < -0.39 is 28.5 Å². The average Bonchev–Trinajstić information content (AvgIpc) is 2.90. The summed E-state index contributed by atoms with van der Waals surface area (Å²) in [6, 6.07) is 20.7. The number of rotatable bonds is 12. The number of carbonyl (C=O) groups is 2. The topological polar surface area (TPSA) is 96.0 Å². The molecular weight excluding hydrogens is 538 g/mol. The number of hydrogen-bond donors (Lipinski definition) is 1. The minimum absolute atomic E-state index is 0.120. The Morgan fingerprint density at radius 3 is 2.23 bits per heavy atom. The van der Waals surface area contributed by atoms with Gasteiger partial charge in [-0.1, -0.05) is 71.8 Å². The number of nitrogens with zero attached hydrogens (tertiary/aromatic N) is 2. The number of hydrogen-bond acceptors (Lipinski definition) is 5. The predicted molar refractivity (Wildman–Crippen MR) is 155 cm³/mol. The van der Waals surface area contributed by atoms with Gasteiger partial charge in [0, 0.05) is 19.5 Å². The molecule has 3 rings (SSSR count). The van der Waals surface area contributed by atoms with Gasteiger partial charge in [-0.25, -0.2) is 8.42 Å². The fourth-order valence-electron chi connectivity index (χ4n) is 4.16. The highest BCUT2D eigenvalue weighted by molar-refractivity contribution is 7.92. The third-order valence-electron chi connectivity index (χ3n) is 6.20. The smallest absolute Gasteiger partial charge is 0.244 e. The quantitative estimate of drug-likeness (QED) is 0.351. The first-order chi connectivity index (χ1) is 18.5. The van der Waals surface area contributed by atoms with Crippen LogP contribution in [0.1, 0.15) is 23.6 Å². The Hall–Kier alpha value is -3.56. The number of aryl methyl sites for hydroxylation is 1. The largest absolute Gasteiger partial charge is 0.495 e. The molecule has 39 heavy (non-hydrogen) atoms. The van der Waals surface area contributed by atoms with Crippen LogP contribution in [0.4, 0.5) is 5.69 Å². The van der Waals surface area contributed by atoms with Gasteiger partial charge < -0.3 is 15.0 Å². The van der Waals surface area contributed by atoms with Crippen molar-refractivity contribution in [3.8, 4) is 5.75 Å². The van der Waals surface area contributed by atoms with Crippen LogP contribution in [0.5, 0.6) is 5.75 Å². The van der Waals surface area contributed by atoms with Gasteiger partial charge in [-0.3, -0.25) is 13.9 Å². The molecule has 0 saturated heterocycles. The van der Waals surface area contributed by atoms with Gasteiger partial charge >= 0.3 is 0 Å². The minimum atomic E-state index is -3.89. The van der Waals surface area contributed by atoms with E-state index in [0.717, 1.165) is 27.3 Å². The van der Waals surface area contributed by atoms with E-state index >= 15 is 0 Å². The van der Waals surface area contributed by atoms with Crippen molar-refractivity contribution < 1.29 is 22.7 Å². The Bertz CT molecular complexity index is 1380. The molecule has 1 N–H and O–H groups in total. The molecule has 2 amide bonds. The number of halogens is 1. The lowest BCUT2D eigenvalue weighted by Crippen LogP contribution is -2.53. The Morgan fingerprint density at radius 2 is 1.67 bits per heavy atom. The Labute approximate surface area is 235 Å². The highest BCUT2D eigenvalue weighted by atomic mass is 35.5. The molecule has 3 aromatic rings. The number of likely N-dealkylation sites (N-methyl/N-ethyl adjacent to an activating group) is 1. The normalized spacial score (nSPS) is 11.9. The lowest BCUT2D eigenvalue weighted by Gasteiger charge is -2.33. The summed E-state index contributed by atoms with van der Waals surface area (Å²) < 4.78 is 31.9. The summed E-state index contributed by atoms with van der Waals surface area (Å²) in [5.41, 5.74) is 2.96. The summed E-state index contributed by atoms with van der Waals surface area (Å²) in [5.74, 6) is -0.472. The van der Waals surface area contributed by atoms with Crippen LogP contribution in [-0.2, 0) is 32.6 Å². The number of carbonyl (C=O) groups excluding carboxylic acids is 2. The zero-order valence-electron chi connectivity index (χ0n) is 22.6. The third-order valence-corrected chi connectivity index (χ3v) is 7.63.